The Morgan fingerprint density at radius 1 is 1.21 bits per heavy atom. The summed E-state index contributed by atoms with van der Waals surface area (Å²) in [5.74, 6) is 0.0354. The van der Waals surface area contributed by atoms with E-state index in [1.807, 2.05) is 0 Å². The lowest BCUT2D eigenvalue weighted by Crippen LogP contribution is -2.16. The van der Waals surface area contributed by atoms with E-state index in [1.165, 1.54) is 12.1 Å². The zero-order valence-electron chi connectivity index (χ0n) is 12.5. The van der Waals surface area contributed by atoms with Crippen molar-refractivity contribution in [1.29, 1.82) is 0 Å². The summed E-state index contributed by atoms with van der Waals surface area (Å²) in [6, 6.07) is 9.37. The molecule has 9 heteroatoms. The van der Waals surface area contributed by atoms with Gasteiger partial charge in [-0.25, -0.2) is 8.42 Å². The Kier molecular flexibility index (Phi) is 5.58. The first-order valence-corrected chi connectivity index (χ1v) is 9.21. The molecule has 0 atom stereocenters. The van der Waals surface area contributed by atoms with Gasteiger partial charge in [-0.3, -0.25) is 0 Å². The van der Waals surface area contributed by atoms with Crippen molar-refractivity contribution in [3.63, 3.8) is 0 Å². The van der Waals surface area contributed by atoms with E-state index in [0.717, 1.165) is 6.26 Å². The van der Waals surface area contributed by atoms with Crippen LogP contribution in [0.4, 0.5) is 0 Å². The Hall–Kier alpha value is -1.96. The highest BCUT2D eigenvalue weighted by molar-refractivity contribution is 7.89. The number of aromatic hydroxyl groups is 1. The third-order valence-corrected chi connectivity index (χ3v) is 4.17. The SMILES string of the molecule is CS(=O)(=O)N=C(N)c1ccc(COc2ccc(Cl)c(Cl)c2)cc1O. The smallest absolute Gasteiger partial charge is 0.252 e. The lowest BCUT2D eigenvalue weighted by Gasteiger charge is -2.09. The predicted octanol–water partition coefficient (Wildman–Crippen LogP) is 2.94. The topological polar surface area (TPSA) is 102 Å². The van der Waals surface area contributed by atoms with Gasteiger partial charge in [0.25, 0.3) is 10.0 Å². The third-order valence-electron chi connectivity index (χ3n) is 2.90. The highest BCUT2D eigenvalue weighted by atomic mass is 35.5. The predicted molar refractivity (Wildman–Crippen MR) is 94.5 cm³/mol. The molecule has 3 N–H and O–H groups in total. The van der Waals surface area contributed by atoms with E-state index in [9.17, 15) is 13.5 Å². The third kappa shape index (κ3) is 5.02. The lowest BCUT2D eigenvalue weighted by atomic mass is 10.1. The monoisotopic (exact) mass is 388 g/mol. The molecule has 0 saturated heterocycles. The zero-order valence-corrected chi connectivity index (χ0v) is 14.9. The van der Waals surface area contributed by atoms with Crippen LogP contribution < -0.4 is 10.5 Å². The number of ether oxygens (including phenoxy) is 1. The molecule has 0 aromatic heterocycles. The number of nitrogens with zero attached hydrogens (tertiary/aromatic N) is 1. The van der Waals surface area contributed by atoms with Crippen molar-refractivity contribution in [2.75, 3.05) is 6.26 Å². The van der Waals surface area contributed by atoms with Crippen molar-refractivity contribution in [2.45, 2.75) is 6.61 Å². The summed E-state index contributed by atoms with van der Waals surface area (Å²) in [6.45, 7) is 0.162. The fourth-order valence-electron chi connectivity index (χ4n) is 1.84. The second kappa shape index (κ2) is 7.29. The standard InChI is InChI=1S/C15H14Cl2N2O4S/c1-24(21,22)19-15(18)11-4-2-9(6-14(11)20)8-23-10-3-5-12(16)13(17)7-10/h2-7,20H,8H2,1H3,(H2,18,19). The molecule has 0 aliphatic rings. The van der Waals surface area contributed by atoms with Crippen molar-refractivity contribution in [2.24, 2.45) is 10.1 Å². The van der Waals surface area contributed by atoms with Gasteiger partial charge in [0.05, 0.1) is 21.9 Å². The van der Waals surface area contributed by atoms with Crippen LogP contribution in [0.3, 0.4) is 0 Å². The maximum Gasteiger partial charge on any atom is 0.252 e. The fraction of sp³-hybridized carbons (Fsp3) is 0.133. The number of hydrogen-bond donors (Lipinski definition) is 2. The zero-order chi connectivity index (χ0) is 17.9. The summed E-state index contributed by atoms with van der Waals surface area (Å²) < 4.78 is 31.1. The van der Waals surface area contributed by atoms with Crippen LogP contribution in [0.15, 0.2) is 40.8 Å². The van der Waals surface area contributed by atoms with E-state index >= 15 is 0 Å². The molecule has 0 fully saturated rings. The number of hydrogen-bond acceptors (Lipinski definition) is 4. The van der Waals surface area contributed by atoms with Gasteiger partial charge in [0, 0.05) is 6.07 Å². The molecular weight excluding hydrogens is 375 g/mol. The van der Waals surface area contributed by atoms with Crippen LogP contribution in [-0.4, -0.2) is 25.6 Å². The van der Waals surface area contributed by atoms with Crippen molar-refractivity contribution in [1.82, 2.24) is 0 Å². The van der Waals surface area contributed by atoms with Gasteiger partial charge in [0.2, 0.25) is 0 Å². The first kappa shape index (κ1) is 18.4. The highest BCUT2D eigenvalue weighted by Gasteiger charge is 2.10. The van der Waals surface area contributed by atoms with Crippen LogP contribution in [0.5, 0.6) is 11.5 Å². The Morgan fingerprint density at radius 2 is 1.92 bits per heavy atom. The number of sulfonamides is 1. The molecule has 6 nitrogen and oxygen atoms in total. The maximum absolute atomic E-state index is 11.1. The van der Waals surface area contributed by atoms with E-state index in [1.54, 1.807) is 24.3 Å². The number of nitrogens with two attached hydrogens (primary N) is 1. The minimum atomic E-state index is -3.65. The second-order valence-electron chi connectivity index (χ2n) is 4.93. The van der Waals surface area contributed by atoms with E-state index in [0.29, 0.717) is 21.4 Å². The summed E-state index contributed by atoms with van der Waals surface area (Å²) in [4.78, 5) is 0. The minimum absolute atomic E-state index is 0.124. The number of benzene rings is 2. The van der Waals surface area contributed by atoms with E-state index in [-0.39, 0.29) is 23.8 Å². The summed E-state index contributed by atoms with van der Waals surface area (Å²) in [5, 5.41) is 10.8. The molecule has 0 spiro atoms. The van der Waals surface area contributed by atoms with E-state index < -0.39 is 10.0 Å². The Labute approximate surface area is 149 Å². The molecule has 24 heavy (non-hydrogen) atoms. The molecule has 0 unspecified atom stereocenters. The molecule has 0 aliphatic carbocycles. The van der Waals surface area contributed by atoms with Gasteiger partial charge in [-0.05, 0) is 29.8 Å². The lowest BCUT2D eigenvalue weighted by molar-refractivity contribution is 0.305. The maximum atomic E-state index is 11.1. The van der Waals surface area contributed by atoms with Gasteiger partial charge >= 0.3 is 0 Å². The fourth-order valence-corrected chi connectivity index (χ4v) is 2.59. The number of amidine groups is 1. The van der Waals surface area contributed by atoms with Gasteiger partial charge in [-0.1, -0.05) is 29.3 Å². The summed E-state index contributed by atoms with van der Waals surface area (Å²) in [7, 11) is -3.65. The van der Waals surface area contributed by atoms with Crippen molar-refractivity contribution >= 4 is 39.1 Å². The van der Waals surface area contributed by atoms with Crippen LogP contribution >= 0.6 is 23.2 Å². The number of phenolic OH excluding ortho intramolecular Hbond substituents is 1. The van der Waals surface area contributed by atoms with Crippen molar-refractivity contribution < 1.29 is 18.3 Å². The number of halogens is 2. The highest BCUT2D eigenvalue weighted by Crippen LogP contribution is 2.27. The molecule has 0 aliphatic heterocycles. The van der Waals surface area contributed by atoms with Crippen molar-refractivity contribution in [3.8, 4) is 11.5 Å². The number of rotatable bonds is 5. The van der Waals surface area contributed by atoms with Crippen LogP contribution in [-0.2, 0) is 16.6 Å². The normalized spacial score (nSPS) is 12.2. The molecule has 0 saturated carbocycles. The van der Waals surface area contributed by atoms with E-state index in [2.05, 4.69) is 4.40 Å². The molecule has 128 valence electrons. The molecule has 0 bridgehead atoms. The number of phenols is 1. The summed E-state index contributed by atoms with van der Waals surface area (Å²) in [6.07, 6.45) is 0.913. The van der Waals surface area contributed by atoms with E-state index in [4.69, 9.17) is 33.7 Å². The Bertz CT molecular complexity index is 898. The second-order valence-corrected chi connectivity index (χ2v) is 7.39. The quantitative estimate of drug-likeness (QED) is 0.605. The van der Waals surface area contributed by atoms with Crippen LogP contribution in [0.1, 0.15) is 11.1 Å². The Morgan fingerprint density at radius 3 is 2.50 bits per heavy atom. The van der Waals surface area contributed by atoms with Gasteiger partial charge in [0.1, 0.15) is 23.9 Å². The van der Waals surface area contributed by atoms with Crippen LogP contribution in [0, 0.1) is 0 Å². The summed E-state index contributed by atoms with van der Waals surface area (Å²) >= 11 is 11.7. The van der Waals surface area contributed by atoms with Gasteiger partial charge in [-0.15, -0.1) is 4.40 Å². The molecule has 0 amide bonds. The van der Waals surface area contributed by atoms with Gasteiger partial charge in [-0.2, -0.15) is 0 Å². The first-order chi connectivity index (χ1) is 11.2. The summed E-state index contributed by atoms with van der Waals surface area (Å²) in [5.41, 5.74) is 6.35. The van der Waals surface area contributed by atoms with Crippen LogP contribution in [0.2, 0.25) is 10.0 Å². The molecule has 0 heterocycles. The molecular formula is C15H14Cl2N2O4S. The first-order valence-electron chi connectivity index (χ1n) is 6.61. The van der Waals surface area contributed by atoms with Crippen LogP contribution in [0.25, 0.3) is 0 Å². The average Bonchev–Trinajstić information content (AvgIpc) is 2.46. The average molecular weight is 389 g/mol. The Balaban J connectivity index is 2.15. The largest absolute Gasteiger partial charge is 0.507 e. The van der Waals surface area contributed by atoms with Crippen molar-refractivity contribution in [3.05, 3.63) is 57.6 Å². The van der Waals surface area contributed by atoms with Gasteiger partial charge in [0.15, 0.2) is 0 Å². The van der Waals surface area contributed by atoms with Gasteiger partial charge < -0.3 is 15.6 Å². The molecule has 2 aromatic carbocycles. The molecule has 2 rings (SSSR count). The molecule has 2 aromatic rings. The molecule has 0 radical (unpaired) electrons. The minimum Gasteiger partial charge on any atom is -0.507 e.